The fraction of sp³-hybridized carbons (Fsp3) is 0.500. The Kier molecular flexibility index (Phi) is 4.76. The molecule has 1 aliphatic carbocycles. The summed E-state index contributed by atoms with van der Waals surface area (Å²) in [5, 5.41) is 8.72. The maximum Gasteiger partial charge on any atom is 0.338 e. The normalized spacial score (nSPS) is 22.2. The summed E-state index contributed by atoms with van der Waals surface area (Å²) in [6.45, 7) is 0.274. The standard InChI is InChI=1S/C14H18O5/c1-17-12-7-5-10(6-8-12)14(15)18-9-11-3-2-4-13(11)19-16/h5-8,11,13,16H,2-4,9H2,1H3/t11-,13-/m1/s1. The molecule has 5 heteroatoms. The number of esters is 1. The second-order valence-electron chi connectivity index (χ2n) is 4.66. The van der Waals surface area contributed by atoms with Crippen molar-refractivity contribution in [1.29, 1.82) is 0 Å². The largest absolute Gasteiger partial charge is 0.497 e. The Morgan fingerprint density at radius 1 is 1.32 bits per heavy atom. The number of rotatable bonds is 5. The van der Waals surface area contributed by atoms with Crippen molar-refractivity contribution in [3.8, 4) is 5.75 Å². The average molecular weight is 266 g/mol. The van der Waals surface area contributed by atoms with E-state index in [1.54, 1.807) is 31.4 Å². The van der Waals surface area contributed by atoms with Gasteiger partial charge in [0, 0.05) is 5.92 Å². The van der Waals surface area contributed by atoms with Gasteiger partial charge in [-0.25, -0.2) is 9.68 Å². The van der Waals surface area contributed by atoms with Crippen molar-refractivity contribution in [1.82, 2.24) is 0 Å². The number of ether oxygens (including phenoxy) is 2. The SMILES string of the molecule is COc1ccc(C(=O)OC[C@H]2CCC[C@H]2OO)cc1. The molecule has 2 atom stereocenters. The summed E-state index contributed by atoms with van der Waals surface area (Å²) in [6.07, 6.45) is 2.47. The Morgan fingerprint density at radius 2 is 2.05 bits per heavy atom. The quantitative estimate of drug-likeness (QED) is 0.504. The molecular formula is C14H18O5. The van der Waals surface area contributed by atoms with Crippen molar-refractivity contribution in [2.75, 3.05) is 13.7 Å². The van der Waals surface area contributed by atoms with E-state index in [4.69, 9.17) is 14.7 Å². The molecule has 0 radical (unpaired) electrons. The molecule has 0 unspecified atom stereocenters. The van der Waals surface area contributed by atoms with Crippen LogP contribution in [0.3, 0.4) is 0 Å². The molecule has 0 aliphatic heterocycles. The third-order valence-electron chi connectivity index (χ3n) is 3.48. The number of carbonyl (C=O) groups excluding carboxylic acids is 1. The number of hydrogen-bond acceptors (Lipinski definition) is 5. The molecule has 1 saturated carbocycles. The number of benzene rings is 1. The van der Waals surface area contributed by atoms with Gasteiger partial charge < -0.3 is 9.47 Å². The predicted octanol–water partition coefficient (Wildman–Crippen LogP) is 2.51. The molecular weight excluding hydrogens is 248 g/mol. The minimum Gasteiger partial charge on any atom is -0.497 e. The summed E-state index contributed by atoms with van der Waals surface area (Å²) in [5.74, 6) is 0.402. The highest BCUT2D eigenvalue weighted by Crippen LogP contribution is 2.28. The van der Waals surface area contributed by atoms with Crippen molar-refractivity contribution in [3.05, 3.63) is 29.8 Å². The van der Waals surface area contributed by atoms with Crippen LogP contribution in [-0.4, -0.2) is 31.0 Å². The van der Waals surface area contributed by atoms with Gasteiger partial charge in [0.15, 0.2) is 0 Å². The molecule has 1 aliphatic rings. The molecule has 0 bridgehead atoms. The smallest absolute Gasteiger partial charge is 0.338 e. The van der Waals surface area contributed by atoms with E-state index in [0.29, 0.717) is 11.3 Å². The van der Waals surface area contributed by atoms with Crippen molar-refractivity contribution < 1.29 is 24.4 Å². The maximum atomic E-state index is 11.8. The van der Waals surface area contributed by atoms with Crippen molar-refractivity contribution in [2.24, 2.45) is 5.92 Å². The third kappa shape index (κ3) is 3.45. The molecule has 1 aromatic carbocycles. The van der Waals surface area contributed by atoms with Crippen LogP contribution in [-0.2, 0) is 9.62 Å². The Hall–Kier alpha value is -1.59. The molecule has 104 valence electrons. The summed E-state index contributed by atoms with van der Waals surface area (Å²) >= 11 is 0. The van der Waals surface area contributed by atoms with Crippen LogP contribution in [0.5, 0.6) is 5.75 Å². The highest BCUT2D eigenvalue weighted by molar-refractivity contribution is 5.89. The van der Waals surface area contributed by atoms with Crippen molar-refractivity contribution >= 4 is 5.97 Å². The molecule has 0 amide bonds. The van der Waals surface area contributed by atoms with Gasteiger partial charge in [-0.2, -0.15) is 0 Å². The molecule has 1 aromatic rings. The minimum absolute atomic E-state index is 0.0761. The first-order valence-corrected chi connectivity index (χ1v) is 6.36. The Morgan fingerprint density at radius 3 is 2.68 bits per heavy atom. The lowest BCUT2D eigenvalue weighted by atomic mass is 10.1. The molecule has 2 rings (SSSR count). The molecule has 0 spiro atoms. The monoisotopic (exact) mass is 266 g/mol. The van der Waals surface area contributed by atoms with Crippen LogP contribution < -0.4 is 4.74 Å². The number of methoxy groups -OCH3 is 1. The van der Waals surface area contributed by atoms with Gasteiger partial charge in [-0.05, 0) is 37.1 Å². The van der Waals surface area contributed by atoms with Crippen LogP contribution >= 0.6 is 0 Å². The summed E-state index contributed by atoms with van der Waals surface area (Å²) in [6, 6.07) is 6.75. The van der Waals surface area contributed by atoms with Crippen LogP contribution in [0.1, 0.15) is 29.6 Å². The number of hydrogen-bond donors (Lipinski definition) is 1. The first kappa shape index (κ1) is 13.8. The first-order valence-electron chi connectivity index (χ1n) is 6.36. The van der Waals surface area contributed by atoms with E-state index in [1.807, 2.05) is 0 Å². The van der Waals surface area contributed by atoms with E-state index in [9.17, 15) is 4.79 Å². The second-order valence-corrected chi connectivity index (χ2v) is 4.66. The first-order chi connectivity index (χ1) is 9.24. The van der Waals surface area contributed by atoms with Crippen molar-refractivity contribution in [3.63, 3.8) is 0 Å². The molecule has 0 heterocycles. The summed E-state index contributed by atoms with van der Waals surface area (Å²) in [7, 11) is 1.57. The van der Waals surface area contributed by atoms with E-state index < -0.39 is 0 Å². The van der Waals surface area contributed by atoms with Gasteiger partial charge in [-0.15, -0.1) is 0 Å². The summed E-state index contributed by atoms with van der Waals surface area (Å²) in [5.41, 5.74) is 0.486. The minimum atomic E-state index is -0.369. The maximum absolute atomic E-state index is 11.8. The third-order valence-corrected chi connectivity index (χ3v) is 3.48. The lowest BCUT2D eigenvalue weighted by Gasteiger charge is -2.16. The Balaban J connectivity index is 1.86. The van der Waals surface area contributed by atoms with Gasteiger partial charge in [0.2, 0.25) is 0 Å². The predicted molar refractivity (Wildman–Crippen MR) is 68.1 cm³/mol. The van der Waals surface area contributed by atoms with E-state index in [1.165, 1.54) is 0 Å². The van der Waals surface area contributed by atoms with Crippen LogP contribution in [0.2, 0.25) is 0 Å². The van der Waals surface area contributed by atoms with Crippen LogP contribution in [0.15, 0.2) is 24.3 Å². The summed E-state index contributed by atoms with van der Waals surface area (Å²) in [4.78, 5) is 16.2. The van der Waals surface area contributed by atoms with Gasteiger partial charge in [0.25, 0.3) is 0 Å². The van der Waals surface area contributed by atoms with E-state index in [-0.39, 0.29) is 24.6 Å². The average Bonchev–Trinajstić information content (AvgIpc) is 2.92. The molecule has 0 saturated heterocycles. The zero-order chi connectivity index (χ0) is 13.7. The van der Waals surface area contributed by atoms with Gasteiger partial charge in [0.1, 0.15) is 5.75 Å². The highest BCUT2D eigenvalue weighted by atomic mass is 17.1. The lowest BCUT2D eigenvalue weighted by molar-refractivity contribution is -0.287. The Bertz CT molecular complexity index is 414. The number of carbonyl (C=O) groups is 1. The summed E-state index contributed by atoms with van der Waals surface area (Å²) < 4.78 is 10.3. The van der Waals surface area contributed by atoms with Crippen LogP contribution in [0.25, 0.3) is 0 Å². The van der Waals surface area contributed by atoms with Gasteiger partial charge >= 0.3 is 5.97 Å². The highest BCUT2D eigenvalue weighted by Gasteiger charge is 2.29. The van der Waals surface area contributed by atoms with Crippen molar-refractivity contribution in [2.45, 2.75) is 25.4 Å². The van der Waals surface area contributed by atoms with Crippen LogP contribution in [0.4, 0.5) is 0 Å². The zero-order valence-electron chi connectivity index (χ0n) is 10.9. The Labute approximate surface area is 112 Å². The molecule has 5 nitrogen and oxygen atoms in total. The van der Waals surface area contributed by atoms with E-state index in [0.717, 1.165) is 19.3 Å². The molecule has 1 N–H and O–H groups in total. The molecule has 1 fully saturated rings. The second kappa shape index (κ2) is 6.54. The van der Waals surface area contributed by atoms with Gasteiger partial charge in [-0.1, -0.05) is 6.42 Å². The van der Waals surface area contributed by atoms with Crippen LogP contribution in [0, 0.1) is 5.92 Å². The fourth-order valence-electron chi connectivity index (χ4n) is 2.33. The van der Waals surface area contributed by atoms with Gasteiger partial charge in [0.05, 0.1) is 25.4 Å². The molecule has 19 heavy (non-hydrogen) atoms. The zero-order valence-corrected chi connectivity index (χ0v) is 10.9. The van der Waals surface area contributed by atoms with E-state index >= 15 is 0 Å². The topological polar surface area (TPSA) is 65.0 Å². The van der Waals surface area contributed by atoms with Gasteiger partial charge in [-0.3, -0.25) is 5.26 Å². The van der Waals surface area contributed by atoms with E-state index in [2.05, 4.69) is 4.89 Å². The fourth-order valence-corrected chi connectivity index (χ4v) is 2.33. The molecule has 0 aromatic heterocycles. The lowest BCUT2D eigenvalue weighted by Crippen LogP contribution is -2.23.